The van der Waals surface area contributed by atoms with E-state index in [1.165, 1.54) is 0 Å². The summed E-state index contributed by atoms with van der Waals surface area (Å²) in [5.41, 5.74) is 5.59. The number of carboxylic acid groups (broad SMARTS) is 3. The van der Waals surface area contributed by atoms with Gasteiger partial charge in [-0.3, -0.25) is 0 Å². The molecule has 0 unspecified atom stereocenters. The van der Waals surface area contributed by atoms with Gasteiger partial charge in [0.25, 0.3) is 0 Å². The van der Waals surface area contributed by atoms with Gasteiger partial charge in [0.2, 0.25) is 0 Å². The molecule has 10 heteroatoms. The molecule has 0 bridgehead atoms. The van der Waals surface area contributed by atoms with E-state index in [0.29, 0.717) is 0 Å². The Morgan fingerprint density at radius 3 is 0.558 bits per heavy atom. The van der Waals surface area contributed by atoms with Crippen molar-refractivity contribution in [2.75, 3.05) is 0 Å². The Hall–Kier alpha value is -5.52. The molecule has 0 saturated heterocycles. The van der Waals surface area contributed by atoms with E-state index < -0.39 is 18.3 Å². The molecule has 6 aromatic rings. The van der Waals surface area contributed by atoms with Gasteiger partial charge in [0.05, 0.1) is 18.1 Å². The molecule has 262 valence electrons. The smallest absolute Gasteiger partial charge is 0.405 e. The van der Waals surface area contributed by atoms with E-state index in [0.717, 1.165) is 33.4 Å². The van der Waals surface area contributed by atoms with Gasteiger partial charge in [0.1, 0.15) is 0 Å². The molecule has 6 N–H and O–H groups in total. The van der Waals surface area contributed by atoms with Crippen LogP contribution in [0.2, 0.25) is 0 Å². The Kier molecular flexibility index (Phi) is 17.6. The SMILES string of the molecule is O=C(O)NC(c1ccccc1)c1ccccc1.O=C(O)NC(c1ccccc1)c1ccccc1.O=C(O)NC(c1ccccc1)c1ccccc1.[Nd]. The minimum atomic E-state index is -1.03. The molecule has 0 saturated carbocycles. The van der Waals surface area contributed by atoms with Gasteiger partial charge in [0.15, 0.2) is 0 Å². The fraction of sp³-hybridized carbons (Fsp3) is 0.0714. The van der Waals surface area contributed by atoms with Gasteiger partial charge in [-0.25, -0.2) is 14.4 Å². The predicted molar refractivity (Wildman–Crippen MR) is 198 cm³/mol. The van der Waals surface area contributed by atoms with E-state index in [1.54, 1.807) is 0 Å². The maximum Gasteiger partial charge on any atom is 0.405 e. The molecule has 0 radical (unpaired) electrons. The zero-order valence-electron chi connectivity index (χ0n) is 28.1. The number of nitrogens with one attached hydrogen (secondary N) is 3. The summed E-state index contributed by atoms with van der Waals surface area (Å²) in [7, 11) is 0. The van der Waals surface area contributed by atoms with Gasteiger partial charge >= 0.3 is 18.3 Å². The average Bonchev–Trinajstić information content (AvgIpc) is 3.17. The minimum absolute atomic E-state index is 0. The Morgan fingerprint density at radius 1 is 0.308 bits per heavy atom. The third-order valence-corrected chi connectivity index (χ3v) is 7.60. The maximum absolute atomic E-state index is 10.8. The molecule has 0 spiro atoms. The minimum Gasteiger partial charge on any atom is -0.465 e. The summed E-state index contributed by atoms with van der Waals surface area (Å²) >= 11 is 0. The monoisotopic (exact) mass is 823 g/mol. The number of hydrogen-bond acceptors (Lipinski definition) is 3. The predicted octanol–water partition coefficient (Wildman–Crippen LogP) is 9.13. The van der Waals surface area contributed by atoms with Gasteiger partial charge in [-0.2, -0.15) is 0 Å². The van der Waals surface area contributed by atoms with Gasteiger partial charge in [-0.05, 0) is 33.4 Å². The summed E-state index contributed by atoms with van der Waals surface area (Å²) in [6.07, 6.45) is -3.08. The molecule has 0 aliphatic heterocycles. The van der Waals surface area contributed by atoms with Crippen LogP contribution < -0.4 is 16.0 Å². The van der Waals surface area contributed by atoms with Crippen LogP contribution in [0.5, 0.6) is 0 Å². The Bertz CT molecular complexity index is 1560. The number of rotatable bonds is 9. The second-order valence-electron chi connectivity index (χ2n) is 11.1. The van der Waals surface area contributed by atoms with Crippen LogP contribution in [0.4, 0.5) is 14.4 Å². The summed E-state index contributed by atoms with van der Waals surface area (Å²) in [5, 5.41) is 34.3. The summed E-state index contributed by atoms with van der Waals surface area (Å²) in [6, 6.07) is 56.2. The molecular weight excluding hydrogens is 787 g/mol. The van der Waals surface area contributed by atoms with E-state index in [-0.39, 0.29) is 59.0 Å². The van der Waals surface area contributed by atoms with E-state index in [4.69, 9.17) is 15.3 Å². The zero-order chi connectivity index (χ0) is 36.3. The van der Waals surface area contributed by atoms with Crippen molar-refractivity contribution in [3.05, 3.63) is 215 Å². The van der Waals surface area contributed by atoms with Crippen LogP contribution in [-0.2, 0) is 0 Å². The molecule has 52 heavy (non-hydrogen) atoms. The normalized spacial score (nSPS) is 9.98. The Labute approximate surface area is 335 Å². The third-order valence-electron chi connectivity index (χ3n) is 7.60. The van der Waals surface area contributed by atoms with Crippen LogP contribution in [0, 0.1) is 40.8 Å². The van der Waals surface area contributed by atoms with Crippen LogP contribution in [-0.4, -0.2) is 33.6 Å². The van der Waals surface area contributed by atoms with Crippen molar-refractivity contribution in [1.82, 2.24) is 16.0 Å². The standard InChI is InChI=1S/3C14H13NO2.Nd/c3*16-14(17)15-13(11-7-3-1-4-8-11)12-9-5-2-6-10-12;/h3*1-10,13,15H,(H,16,17);. The number of carbonyl (C=O) groups is 3. The van der Waals surface area contributed by atoms with Gasteiger partial charge in [0, 0.05) is 40.8 Å². The van der Waals surface area contributed by atoms with Crippen molar-refractivity contribution in [3.63, 3.8) is 0 Å². The van der Waals surface area contributed by atoms with E-state index >= 15 is 0 Å². The van der Waals surface area contributed by atoms with Gasteiger partial charge < -0.3 is 31.3 Å². The largest absolute Gasteiger partial charge is 0.465 e. The first-order valence-corrected chi connectivity index (χ1v) is 16.1. The first-order valence-electron chi connectivity index (χ1n) is 16.1. The number of benzene rings is 6. The van der Waals surface area contributed by atoms with Gasteiger partial charge in [-0.15, -0.1) is 0 Å². The van der Waals surface area contributed by atoms with Crippen molar-refractivity contribution < 1.29 is 70.5 Å². The molecule has 6 aromatic carbocycles. The van der Waals surface area contributed by atoms with Crippen LogP contribution >= 0.6 is 0 Å². The fourth-order valence-corrected chi connectivity index (χ4v) is 5.32. The van der Waals surface area contributed by atoms with Crippen molar-refractivity contribution in [1.29, 1.82) is 0 Å². The van der Waals surface area contributed by atoms with E-state index in [1.807, 2.05) is 182 Å². The molecular formula is C42H39N3NdO6. The molecule has 0 fully saturated rings. The first-order chi connectivity index (χ1) is 24.8. The third kappa shape index (κ3) is 13.7. The molecule has 0 heterocycles. The number of hydrogen-bond donors (Lipinski definition) is 6. The average molecular weight is 826 g/mol. The van der Waals surface area contributed by atoms with Crippen LogP contribution in [0.15, 0.2) is 182 Å². The second kappa shape index (κ2) is 22.3. The molecule has 9 nitrogen and oxygen atoms in total. The van der Waals surface area contributed by atoms with Crippen LogP contribution in [0.3, 0.4) is 0 Å². The zero-order valence-corrected chi connectivity index (χ0v) is 31.3. The van der Waals surface area contributed by atoms with E-state index in [9.17, 15) is 14.4 Å². The topological polar surface area (TPSA) is 148 Å². The molecule has 0 aliphatic carbocycles. The molecule has 0 atom stereocenters. The summed E-state index contributed by atoms with van der Waals surface area (Å²) < 4.78 is 0. The fourth-order valence-electron chi connectivity index (χ4n) is 5.32. The molecule has 0 aliphatic rings. The maximum atomic E-state index is 10.8. The van der Waals surface area contributed by atoms with Crippen molar-refractivity contribution in [2.45, 2.75) is 18.1 Å². The molecule has 3 amide bonds. The van der Waals surface area contributed by atoms with Crippen molar-refractivity contribution in [3.8, 4) is 0 Å². The van der Waals surface area contributed by atoms with Gasteiger partial charge in [-0.1, -0.05) is 182 Å². The van der Waals surface area contributed by atoms with Crippen molar-refractivity contribution in [2.24, 2.45) is 0 Å². The number of amides is 3. The second-order valence-corrected chi connectivity index (χ2v) is 11.1. The van der Waals surface area contributed by atoms with E-state index in [2.05, 4.69) is 16.0 Å². The molecule has 0 aromatic heterocycles. The Morgan fingerprint density at radius 2 is 0.442 bits per heavy atom. The molecule has 6 rings (SSSR count). The summed E-state index contributed by atoms with van der Waals surface area (Å²) in [4.78, 5) is 32.5. The Balaban J connectivity index is 0.000000208. The first kappa shape index (κ1) is 40.9. The summed E-state index contributed by atoms with van der Waals surface area (Å²) in [6.45, 7) is 0. The van der Waals surface area contributed by atoms with Crippen LogP contribution in [0.25, 0.3) is 0 Å². The summed E-state index contributed by atoms with van der Waals surface area (Å²) in [5.74, 6) is 0. The van der Waals surface area contributed by atoms with Crippen LogP contribution in [0.1, 0.15) is 51.5 Å². The van der Waals surface area contributed by atoms with Crippen molar-refractivity contribution >= 4 is 18.3 Å². The quantitative estimate of drug-likeness (QED) is 0.0857.